The fourth-order valence-corrected chi connectivity index (χ4v) is 1.18. The van der Waals surface area contributed by atoms with Crippen molar-refractivity contribution in [3.63, 3.8) is 0 Å². The molecule has 82 valence electrons. The van der Waals surface area contributed by atoms with Crippen LogP contribution in [0.1, 0.15) is 25.7 Å². The molecule has 2 aromatic heterocycles. The molecule has 5 nitrogen and oxygen atoms in total. The van der Waals surface area contributed by atoms with Crippen molar-refractivity contribution in [1.29, 1.82) is 0 Å². The lowest BCUT2D eigenvalue weighted by atomic mass is 10.3. The van der Waals surface area contributed by atoms with Crippen molar-refractivity contribution in [3.8, 4) is 11.5 Å². The maximum absolute atomic E-state index is 5.06. The highest BCUT2D eigenvalue weighted by Gasteiger charge is 2.06. The second kappa shape index (κ2) is 5.16. The van der Waals surface area contributed by atoms with Crippen LogP contribution in [0.4, 0.5) is 0 Å². The highest BCUT2D eigenvalue weighted by molar-refractivity contribution is 5.49. The summed E-state index contributed by atoms with van der Waals surface area (Å²) in [5, 5.41) is 3.84. The monoisotopic (exact) mass is 216 g/mol. The highest BCUT2D eigenvalue weighted by Crippen LogP contribution is 2.12. The molecule has 0 spiro atoms. The summed E-state index contributed by atoms with van der Waals surface area (Å²) in [6.45, 7) is 2.12. The first-order chi connectivity index (χ1) is 7.90. The molecule has 2 rings (SSSR count). The van der Waals surface area contributed by atoms with Crippen LogP contribution in [0.25, 0.3) is 17.6 Å². The molecule has 16 heavy (non-hydrogen) atoms. The standard InChI is InChI=1S/C11H12N4O/c1-2-3-4-5-10-14-11(15-16-10)9-6-7-12-8-13-9/h4-8H,2-3H2,1H3/b5-4+. The van der Waals surface area contributed by atoms with Crippen LogP contribution in [0.3, 0.4) is 0 Å². The molecule has 0 radical (unpaired) electrons. The van der Waals surface area contributed by atoms with Crippen molar-refractivity contribution in [2.24, 2.45) is 0 Å². The molecule has 0 aromatic carbocycles. The van der Waals surface area contributed by atoms with Crippen LogP contribution < -0.4 is 0 Å². The van der Waals surface area contributed by atoms with Gasteiger partial charge in [-0.1, -0.05) is 24.6 Å². The molecule has 0 atom stereocenters. The molecular formula is C11H12N4O. The smallest absolute Gasteiger partial charge is 0.250 e. The molecule has 0 fully saturated rings. The van der Waals surface area contributed by atoms with Crippen LogP contribution in [0.2, 0.25) is 0 Å². The van der Waals surface area contributed by atoms with Gasteiger partial charge in [-0.2, -0.15) is 4.98 Å². The predicted octanol–water partition coefficient (Wildman–Crippen LogP) is 2.34. The Balaban J connectivity index is 2.14. The number of nitrogens with zero attached hydrogens (tertiary/aromatic N) is 4. The van der Waals surface area contributed by atoms with Gasteiger partial charge in [0.05, 0.1) is 0 Å². The number of hydrogen-bond donors (Lipinski definition) is 0. The summed E-state index contributed by atoms with van der Waals surface area (Å²) in [6.07, 6.45) is 9.04. The van der Waals surface area contributed by atoms with E-state index in [-0.39, 0.29) is 0 Å². The Morgan fingerprint density at radius 3 is 3.12 bits per heavy atom. The second-order valence-electron chi connectivity index (χ2n) is 3.24. The van der Waals surface area contributed by atoms with Gasteiger partial charge in [-0.3, -0.25) is 0 Å². The average Bonchev–Trinajstić information content (AvgIpc) is 2.79. The van der Waals surface area contributed by atoms with Gasteiger partial charge in [-0.25, -0.2) is 9.97 Å². The zero-order valence-corrected chi connectivity index (χ0v) is 9.00. The van der Waals surface area contributed by atoms with Gasteiger partial charge in [0, 0.05) is 6.20 Å². The molecule has 2 aromatic rings. The van der Waals surface area contributed by atoms with E-state index in [1.54, 1.807) is 12.3 Å². The minimum atomic E-state index is 0.485. The maximum atomic E-state index is 5.06. The minimum Gasteiger partial charge on any atom is -0.334 e. The quantitative estimate of drug-likeness (QED) is 0.784. The Kier molecular flexibility index (Phi) is 3.38. The van der Waals surface area contributed by atoms with Crippen LogP contribution in [-0.2, 0) is 0 Å². The van der Waals surface area contributed by atoms with Crippen molar-refractivity contribution in [2.75, 3.05) is 0 Å². The van der Waals surface area contributed by atoms with E-state index in [1.165, 1.54) is 6.33 Å². The van der Waals surface area contributed by atoms with E-state index in [4.69, 9.17) is 4.52 Å². The zero-order valence-electron chi connectivity index (χ0n) is 9.00. The first-order valence-corrected chi connectivity index (χ1v) is 5.17. The summed E-state index contributed by atoms with van der Waals surface area (Å²) in [5.41, 5.74) is 0.661. The Morgan fingerprint density at radius 2 is 2.38 bits per heavy atom. The first kappa shape index (κ1) is 10.5. The number of unbranched alkanes of at least 4 members (excludes halogenated alkanes) is 1. The highest BCUT2D eigenvalue weighted by atomic mass is 16.5. The van der Waals surface area contributed by atoms with E-state index in [0.717, 1.165) is 12.8 Å². The van der Waals surface area contributed by atoms with E-state index >= 15 is 0 Å². The normalized spacial score (nSPS) is 11.1. The summed E-state index contributed by atoms with van der Waals surface area (Å²) in [5.74, 6) is 0.987. The van der Waals surface area contributed by atoms with Gasteiger partial charge in [0.1, 0.15) is 12.0 Å². The summed E-state index contributed by atoms with van der Waals surface area (Å²) in [4.78, 5) is 12.1. The Hall–Kier alpha value is -2.04. The number of rotatable bonds is 4. The predicted molar refractivity (Wildman–Crippen MR) is 59.3 cm³/mol. The van der Waals surface area contributed by atoms with Gasteiger partial charge in [0.2, 0.25) is 5.82 Å². The molecule has 0 saturated carbocycles. The van der Waals surface area contributed by atoms with E-state index in [0.29, 0.717) is 17.4 Å². The van der Waals surface area contributed by atoms with Gasteiger partial charge in [0.15, 0.2) is 0 Å². The van der Waals surface area contributed by atoms with Gasteiger partial charge in [0.25, 0.3) is 5.89 Å². The molecule has 2 heterocycles. The van der Waals surface area contributed by atoms with Crippen LogP contribution in [-0.4, -0.2) is 20.1 Å². The van der Waals surface area contributed by atoms with E-state index in [1.807, 2.05) is 12.2 Å². The first-order valence-electron chi connectivity index (χ1n) is 5.17. The molecule has 0 amide bonds. The summed E-state index contributed by atoms with van der Waals surface area (Å²) >= 11 is 0. The largest absolute Gasteiger partial charge is 0.334 e. The molecular weight excluding hydrogens is 204 g/mol. The van der Waals surface area contributed by atoms with Crippen LogP contribution >= 0.6 is 0 Å². The molecule has 0 aliphatic heterocycles. The Morgan fingerprint density at radius 1 is 1.44 bits per heavy atom. The van der Waals surface area contributed by atoms with E-state index in [9.17, 15) is 0 Å². The topological polar surface area (TPSA) is 64.7 Å². The Bertz CT molecular complexity index is 464. The van der Waals surface area contributed by atoms with Crippen molar-refractivity contribution in [3.05, 3.63) is 30.6 Å². The fraction of sp³-hybridized carbons (Fsp3) is 0.273. The van der Waals surface area contributed by atoms with Crippen molar-refractivity contribution in [1.82, 2.24) is 20.1 Å². The van der Waals surface area contributed by atoms with Crippen molar-refractivity contribution < 1.29 is 4.52 Å². The van der Waals surface area contributed by atoms with Crippen molar-refractivity contribution >= 4 is 6.08 Å². The van der Waals surface area contributed by atoms with E-state index in [2.05, 4.69) is 27.0 Å². The van der Waals surface area contributed by atoms with Crippen LogP contribution in [0.5, 0.6) is 0 Å². The van der Waals surface area contributed by atoms with Crippen LogP contribution in [0, 0.1) is 0 Å². The number of aromatic nitrogens is 4. The number of allylic oxidation sites excluding steroid dienone is 1. The average molecular weight is 216 g/mol. The molecule has 0 bridgehead atoms. The summed E-state index contributed by atoms with van der Waals surface area (Å²) < 4.78 is 5.06. The molecule has 5 heteroatoms. The molecule has 0 N–H and O–H groups in total. The summed E-state index contributed by atoms with van der Waals surface area (Å²) in [6, 6.07) is 1.74. The molecule has 0 aliphatic rings. The third-order valence-corrected chi connectivity index (χ3v) is 1.97. The van der Waals surface area contributed by atoms with E-state index < -0.39 is 0 Å². The van der Waals surface area contributed by atoms with Gasteiger partial charge >= 0.3 is 0 Å². The Labute approximate surface area is 93.2 Å². The van der Waals surface area contributed by atoms with Crippen molar-refractivity contribution in [2.45, 2.75) is 19.8 Å². The van der Waals surface area contributed by atoms with Crippen LogP contribution in [0.15, 0.2) is 29.2 Å². The molecule has 0 aliphatic carbocycles. The van der Waals surface area contributed by atoms with Gasteiger partial charge in [-0.15, -0.1) is 0 Å². The third-order valence-electron chi connectivity index (χ3n) is 1.97. The lowest BCUT2D eigenvalue weighted by Gasteiger charge is -1.88. The lowest BCUT2D eigenvalue weighted by molar-refractivity contribution is 0.411. The third kappa shape index (κ3) is 2.50. The zero-order chi connectivity index (χ0) is 11.2. The molecule has 0 unspecified atom stereocenters. The second-order valence-corrected chi connectivity index (χ2v) is 3.24. The minimum absolute atomic E-state index is 0.485. The lowest BCUT2D eigenvalue weighted by Crippen LogP contribution is -1.85. The maximum Gasteiger partial charge on any atom is 0.250 e. The summed E-state index contributed by atoms with van der Waals surface area (Å²) in [7, 11) is 0. The fourth-order valence-electron chi connectivity index (χ4n) is 1.18. The molecule has 0 saturated heterocycles. The van der Waals surface area contributed by atoms with Gasteiger partial charge < -0.3 is 4.52 Å². The van der Waals surface area contributed by atoms with Gasteiger partial charge in [-0.05, 0) is 18.6 Å². The number of hydrogen-bond acceptors (Lipinski definition) is 5. The SMILES string of the molecule is CCC/C=C/c1nc(-c2ccncn2)no1.